The first kappa shape index (κ1) is 13.2. The van der Waals surface area contributed by atoms with E-state index in [4.69, 9.17) is 4.74 Å². The van der Waals surface area contributed by atoms with E-state index in [0.29, 0.717) is 6.04 Å². The molecule has 0 fully saturated rings. The van der Waals surface area contributed by atoms with Crippen molar-refractivity contribution in [1.29, 1.82) is 0 Å². The first-order valence-electron chi connectivity index (χ1n) is 5.65. The fraction of sp³-hybridized carbons (Fsp3) is 0.538. The summed E-state index contributed by atoms with van der Waals surface area (Å²) in [5.74, 6) is 0. The SMILES string of the molecule is CNC(COC)CN(C)Cc1ccccc1. The highest BCUT2D eigenvalue weighted by molar-refractivity contribution is 5.14. The van der Waals surface area contributed by atoms with Gasteiger partial charge in [0.05, 0.1) is 6.61 Å². The van der Waals surface area contributed by atoms with Gasteiger partial charge in [0, 0.05) is 26.2 Å². The molecule has 0 saturated carbocycles. The summed E-state index contributed by atoms with van der Waals surface area (Å²) < 4.78 is 5.16. The van der Waals surface area contributed by atoms with E-state index in [1.54, 1.807) is 7.11 Å². The van der Waals surface area contributed by atoms with Gasteiger partial charge in [0.1, 0.15) is 0 Å². The van der Waals surface area contributed by atoms with Crippen LogP contribution in [0.15, 0.2) is 30.3 Å². The van der Waals surface area contributed by atoms with Gasteiger partial charge in [-0.05, 0) is 19.7 Å². The summed E-state index contributed by atoms with van der Waals surface area (Å²) in [6.45, 7) is 2.71. The summed E-state index contributed by atoms with van der Waals surface area (Å²) in [7, 11) is 5.84. The van der Waals surface area contributed by atoms with Crippen molar-refractivity contribution in [3.63, 3.8) is 0 Å². The highest BCUT2D eigenvalue weighted by Gasteiger charge is 2.09. The molecule has 90 valence electrons. The van der Waals surface area contributed by atoms with Gasteiger partial charge in [-0.25, -0.2) is 0 Å². The average Bonchev–Trinajstić information content (AvgIpc) is 2.29. The van der Waals surface area contributed by atoms with Gasteiger partial charge < -0.3 is 15.0 Å². The molecule has 1 aromatic carbocycles. The van der Waals surface area contributed by atoms with Crippen LogP contribution in [0.2, 0.25) is 0 Å². The van der Waals surface area contributed by atoms with Gasteiger partial charge in [0.15, 0.2) is 0 Å². The van der Waals surface area contributed by atoms with Gasteiger partial charge in [-0.1, -0.05) is 30.3 Å². The molecule has 16 heavy (non-hydrogen) atoms. The van der Waals surface area contributed by atoms with E-state index >= 15 is 0 Å². The lowest BCUT2D eigenvalue weighted by atomic mass is 10.2. The Labute approximate surface area is 98.4 Å². The summed E-state index contributed by atoms with van der Waals surface area (Å²) >= 11 is 0. The van der Waals surface area contributed by atoms with Gasteiger partial charge in [0.25, 0.3) is 0 Å². The Kier molecular flexibility index (Phi) is 6.08. The number of hydrogen-bond acceptors (Lipinski definition) is 3. The molecule has 1 unspecified atom stereocenters. The molecule has 0 saturated heterocycles. The molecule has 0 amide bonds. The lowest BCUT2D eigenvalue weighted by Gasteiger charge is -2.23. The molecule has 1 N–H and O–H groups in total. The monoisotopic (exact) mass is 222 g/mol. The molecule has 0 aliphatic heterocycles. The number of rotatable bonds is 7. The second-order valence-corrected chi connectivity index (χ2v) is 4.12. The van der Waals surface area contributed by atoms with Gasteiger partial charge in [-0.3, -0.25) is 0 Å². The van der Waals surface area contributed by atoms with Crippen LogP contribution in [-0.2, 0) is 11.3 Å². The fourth-order valence-electron chi connectivity index (χ4n) is 1.76. The summed E-state index contributed by atoms with van der Waals surface area (Å²) in [6, 6.07) is 10.9. The van der Waals surface area contributed by atoms with Crippen LogP contribution in [0.3, 0.4) is 0 Å². The van der Waals surface area contributed by atoms with E-state index < -0.39 is 0 Å². The van der Waals surface area contributed by atoms with Gasteiger partial charge in [-0.15, -0.1) is 0 Å². The van der Waals surface area contributed by atoms with Crippen molar-refractivity contribution in [2.75, 3.05) is 34.4 Å². The number of hydrogen-bond donors (Lipinski definition) is 1. The Morgan fingerprint density at radius 2 is 2.00 bits per heavy atom. The summed E-state index contributed by atoms with van der Waals surface area (Å²) in [6.07, 6.45) is 0. The zero-order chi connectivity index (χ0) is 11.8. The van der Waals surface area contributed by atoms with Crippen molar-refractivity contribution in [3.8, 4) is 0 Å². The van der Waals surface area contributed by atoms with E-state index in [9.17, 15) is 0 Å². The predicted molar refractivity (Wildman–Crippen MR) is 67.5 cm³/mol. The number of methoxy groups -OCH3 is 1. The van der Waals surface area contributed by atoms with Crippen LogP contribution in [0.4, 0.5) is 0 Å². The maximum Gasteiger partial charge on any atom is 0.0628 e. The maximum atomic E-state index is 5.16. The minimum Gasteiger partial charge on any atom is -0.383 e. The maximum absolute atomic E-state index is 5.16. The first-order valence-corrected chi connectivity index (χ1v) is 5.65. The summed E-state index contributed by atoms with van der Waals surface area (Å²) in [5, 5.41) is 3.25. The van der Waals surface area contributed by atoms with Gasteiger partial charge in [-0.2, -0.15) is 0 Å². The molecule has 0 aliphatic carbocycles. The second-order valence-electron chi connectivity index (χ2n) is 4.12. The topological polar surface area (TPSA) is 24.5 Å². The third-order valence-corrected chi connectivity index (χ3v) is 2.60. The zero-order valence-corrected chi connectivity index (χ0v) is 10.4. The molecule has 0 aromatic heterocycles. The summed E-state index contributed by atoms with van der Waals surface area (Å²) in [5.41, 5.74) is 1.34. The van der Waals surface area contributed by atoms with E-state index in [-0.39, 0.29) is 0 Å². The van der Waals surface area contributed by atoms with Crippen LogP contribution in [0, 0.1) is 0 Å². The fourth-order valence-corrected chi connectivity index (χ4v) is 1.76. The predicted octanol–water partition coefficient (Wildman–Crippen LogP) is 1.35. The Morgan fingerprint density at radius 3 is 2.56 bits per heavy atom. The summed E-state index contributed by atoms with van der Waals surface area (Å²) in [4.78, 5) is 2.30. The molecule has 0 aliphatic rings. The number of ether oxygens (including phenoxy) is 1. The molecule has 1 atom stereocenters. The molecular weight excluding hydrogens is 200 g/mol. The zero-order valence-electron chi connectivity index (χ0n) is 10.4. The van der Waals surface area contributed by atoms with Crippen molar-refractivity contribution >= 4 is 0 Å². The lowest BCUT2D eigenvalue weighted by molar-refractivity contribution is 0.147. The molecule has 0 spiro atoms. The standard InChI is InChI=1S/C13H22N2O/c1-14-13(11-16-3)10-15(2)9-12-7-5-4-6-8-12/h4-8,13-14H,9-11H2,1-3H3. The minimum absolute atomic E-state index is 0.388. The van der Waals surface area contributed by atoms with Crippen LogP contribution in [0.1, 0.15) is 5.56 Å². The second kappa shape index (κ2) is 7.39. The molecule has 0 heterocycles. The van der Waals surface area contributed by atoms with Crippen molar-refractivity contribution in [3.05, 3.63) is 35.9 Å². The van der Waals surface area contributed by atoms with Crippen molar-refractivity contribution < 1.29 is 4.74 Å². The van der Waals surface area contributed by atoms with Crippen LogP contribution in [-0.4, -0.2) is 45.3 Å². The molecule has 1 aromatic rings. The van der Waals surface area contributed by atoms with Crippen LogP contribution in [0.5, 0.6) is 0 Å². The third kappa shape index (κ3) is 4.75. The Morgan fingerprint density at radius 1 is 1.31 bits per heavy atom. The van der Waals surface area contributed by atoms with E-state index in [1.165, 1.54) is 5.56 Å². The Bertz CT molecular complexity index is 277. The third-order valence-electron chi connectivity index (χ3n) is 2.60. The van der Waals surface area contributed by atoms with Crippen LogP contribution in [0.25, 0.3) is 0 Å². The van der Waals surface area contributed by atoms with E-state index in [0.717, 1.165) is 19.7 Å². The van der Waals surface area contributed by atoms with Crippen molar-refractivity contribution in [2.45, 2.75) is 12.6 Å². The Balaban J connectivity index is 2.37. The highest BCUT2D eigenvalue weighted by Crippen LogP contribution is 2.03. The number of nitrogens with one attached hydrogen (secondary N) is 1. The number of likely N-dealkylation sites (N-methyl/N-ethyl adjacent to an activating group) is 2. The molecule has 1 rings (SSSR count). The molecule has 0 radical (unpaired) electrons. The quantitative estimate of drug-likeness (QED) is 0.754. The smallest absolute Gasteiger partial charge is 0.0628 e. The molecule has 3 heteroatoms. The molecule has 3 nitrogen and oxygen atoms in total. The van der Waals surface area contributed by atoms with Gasteiger partial charge in [0.2, 0.25) is 0 Å². The Hall–Kier alpha value is -0.900. The van der Waals surface area contributed by atoms with E-state index in [2.05, 4.69) is 41.5 Å². The van der Waals surface area contributed by atoms with Crippen LogP contribution >= 0.6 is 0 Å². The molecule has 0 bridgehead atoms. The number of nitrogens with zero attached hydrogens (tertiary/aromatic N) is 1. The van der Waals surface area contributed by atoms with E-state index in [1.807, 2.05) is 13.1 Å². The largest absolute Gasteiger partial charge is 0.383 e. The minimum atomic E-state index is 0.388. The first-order chi connectivity index (χ1) is 7.76. The van der Waals surface area contributed by atoms with Crippen LogP contribution < -0.4 is 5.32 Å². The molecular formula is C13H22N2O. The van der Waals surface area contributed by atoms with Gasteiger partial charge >= 0.3 is 0 Å². The number of benzene rings is 1. The van der Waals surface area contributed by atoms with Crippen molar-refractivity contribution in [2.24, 2.45) is 0 Å². The normalized spacial score (nSPS) is 13.0. The van der Waals surface area contributed by atoms with Crippen molar-refractivity contribution in [1.82, 2.24) is 10.2 Å². The highest BCUT2D eigenvalue weighted by atomic mass is 16.5. The average molecular weight is 222 g/mol. The lowest BCUT2D eigenvalue weighted by Crippen LogP contribution is -2.40.